The summed E-state index contributed by atoms with van der Waals surface area (Å²) in [5.74, 6) is 3.05. The van der Waals surface area contributed by atoms with Crippen LogP contribution in [0.25, 0.3) is 33.4 Å². The van der Waals surface area contributed by atoms with E-state index in [-0.39, 0.29) is 0 Å². The second kappa shape index (κ2) is 5.81. The van der Waals surface area contributed by atoms with Gasteiger partial charge in [0.05, 0.1) is 32.3 Å². The van der Waals surface area contributed by atoms with Crippen LogP contribution in [0, 0.1) is 0 Å². The lowest BCUT2D eigenvalue weighted by atomic mass is 9.95. The van der Waals surface area contributed by atoms with Crippen LogP contribution in [0.4, 0.5) is 0 Å². The van der Waals surface area contributed by atoms with E-state index in [1.54, 1.807) is 26.7 Å². The number of furan rings is 2. The number of ether oxygens (including phenoxy) is 2. The van der Waals surface area contributed by atoms with E-state index in [0.717, 1.165) is 44.9 Å². The van der Waals surface area contributed by atoms with Crippen molar-refractivity contribution in [2.24, 2.45) is 0 Å². The van der Waals surface area contributed by atoms with E-state index in [1.165, 1.54) is 0 Å². The lowest BCUT2D eigenvalue weighted by Gasteiger charge is -2.14. The Kier molecular flexibility index (Phi) is 3.50. The molecule has 0 aliphatic carbocycles. The third-order valence-corrected chi connectivity index (χ3v) is 4.08. The molecular formula is C20H16O4. The van der Waals surface area contributed by atoms with Crippen LogP contribution in [0.2, 0.25) is 0 Å². The average molecular weight is 320 g/mol. The fourth-order valence-corrected chi connectivity index (χ4v) is 2.98. The van der Waals surface area contributed by atoms with Crippen molar-refractivity contribution in [2.75, 3.05) is 14.2 Å². The van der Waals surface area contributed by atoms with Gasteiger partial charge in [-0.1, -0.05) is 0 Å². The fourth-order valence-electron chi connectivity index (χ4n) is 2.98. The molecule has 0 unspecified atom stereocenters. The maximum atomic E-state index is 5.64. The molecule has 4 aromatic rings. The van der Waals surface area contributed by atoms with Crippen molar-refractivity contribution >= 4 is 10.8 Å². The summed E-state index contributed by atoms with van der Waals surface area (Å²) in [5.41, 5.74) is 1.86. The molecule has 0 saturated carbocycles. The topological polar surface area (TPSA) is 44.7 Å². The Labute approximate surface area is 139 Å². The van der Waals surface area contributed by atoms with Gasteiger partial charge in [0.15, 0.2) is 0 Å². The van der Waals surface area contributed by atoms with E-state index in [9.17, 15) is 0 Å². The predicted molar refractivity (Wildman–Crippen MR) is 92.5 cm³/mol. The van der Waals surface area contributed by atoms with Crippen LogP contribution in [-0.4, -0.2) is 14.2 Å². The van der Waals surface area contributed by atoms with Crippen molar-refractivity contribution in [3.63, 3.8) is 0 Å². The van der Waals surface area contributed by atoms with Gasteiger partial charge in [-0.15, -0.1) is 0 Å². The first-order valence-electron chi connectivity index (χ1n) is 7.58. The zero-order valence-electron chi connectivity index (χ0n) is 13.4. The molecule has 0 N–H and O–H groups in total. The molecule has 120 valence electrons. The first kappa shape index (κ1) is 14.5. The van der Waals surface area contributed by atoms with Gasteiger partial charge in [-0.05, 0) is 59.3 Å². The second-order valence-electron chi connectivity index (χ2n) is 5.37. The minimum absolute atomic E-state index is 0.731. The van der Waals surface area contributed by atoms with Gasteiger partial charge in [0.2, 0.25) is 0 Å². The Balaban J connectivity index is 2.12. The van der Waals surface area contributed by atoms with Crippen molar-refractivity contribution < 1.29 is 18.3 Å². The summed E-state index contributed by atoms with van der Waals surface area (Å²) < 4.78 is 22.3. The number of fused-ring (bicyclic) bond motifs is 1. The van der Waals surface area contributed by atoms with Gasteiger partial charge in [-0.3, -0.25) is 0 Å². The summed E-state index contributed by atoms with van der Waals surface area (Å²) in [7, 11) is 3.31. The van der Waals surface area contributed by atoms with Crippen molar-refractivity contribution in [1.82, 2.24) is 0 Å². The van der Waals surface area contributed by atoms with E-state index in [4.69, 9.17) is 18.3 Å². The van der Waals surface area contributed by atoms with Crippen LogP contribution in [0.3, 0.4) is 0 Å². The third kappa shape index (κ3) is 2.24. The van der Waals surface area contributed by atoms with Crippen LogP contribution in [0.15, 0.2) is 69.9 Å². The lowest BCUT2D eigenvalue weighted by Crippen LogP contribution is -1.92. The summed E-state index contributed by atoms with van der Waals surface area (Å²) in [5, 5.41) is 2.02. The smallest absolute Gasteiger partial charge is 0.138 e. The van der Waals surface area contributed by atoms with E-state index < -0.39 is 0 Å². The molecule has 0 amide bonds. The summed E-state index contributed by atoms with van der Waals surface area (Å²) in [4.78, 5) is 0. The Morgan fingerprint density at radius 1 is 0.750 bits per heavy atom. The summed E-state index contributed by atoms with van der Waals surface area (Å²) in [6.45, 7) is 0. The minimum atomic E-state index is 0.731. The first-order chi connectivity index (χ1) is 11.8. The number of hydrogen-bond acceptors (Lipinski definition) is 4. The Bertz CT molecular complexity index is 967. The highest BCUT2D eigenvalue weighted by Crippen LogP contribution is 2.43. The van der Waals surface area contributed by atoms with E-state index in [2.05, 4.69) is 0 Å². The van der Waals surface area contributed by atoms with Crippen molar-refractivity contribution in [3.8, 4) is 34.1 Å². The summed E-state index contributed by atoms with van der Waals surface area (Å²) >= 11 is 0. The maximum Gasteiger partial charge on any atom is 0.138 e. The Morgan fingerprint density at radius 2 is 1.50 bits per heavy atom. The SMILES string of the molecule is COc1ccc2c(-c3ccco3)c(OC)cc(-c3ccco3)c2c1. The van der Waals surface area contributed by atoms with Gasteiger partial charge < -0.3 is 18.3 Å². The van der Waals surface area contributed by atoms with E-state index >= 15 is 0 Å². The molecule has 4 rings (SSSR count). The normalized spacial score (nSPS) is 10.9. The molecule has 0 saturated heterocycles. The molecule has 4 nitrogen and oxygen atoms in total. The maximum absolute atomic E-state index is 5.64. The second-order valence-corrected chi connectivity index (χ2v) is 5.37. The quantitative estimate of drug-likeness (QED) is 0.506. The van der Waals surface area contributed by atoms with Crippen molar-refractivity contribution in [3.05, 3.63) is 61.1 Å². The molecule has 4 heteroatoms. The zero-order chi connectivity index (χ0) is 16.5. The molecule has 2 aromatic heterocycles. The zero-order valence-corrected chi connectivity index (χ0v) is 13.4. The monoisotopic (exact) mass is 320 g/mol. The van der Waals surface area contributed by atoms with Gasteiger partial charge >= 0.3 is 0 Å². The number of hydrogen-bond donors (Lipinski definition) is 0. The molecule has 0 atom stereocenters. The molecule has 0 fully saturated rings. The molecule has 0 bridgehead atoms. The third-order valence-electron chi connectivity index (χ3n) is 4.08. The largest absolute Gasteiger partial charge is 0.497 e. The first-order valence-corrected chi connectivity index (χ1v) is 7.58. The van der Waals surface area contributed by atoms with Gasteiger partial charge in [0, 0.05) is 5.56 Å². The molecular weight excluding hydrogens is 304 g/mol. The van der Waals surface area contributed by atoms with Crippen molar-refractivity contribution in [1.29, 1.82) is 0 Å². The molecule has 0 aliphatic rings. The van der Waals surface area contributed by atoms with Gasteiger partial charge in [-0.2, -0.15) is 0 Å². The number of rotatable bonds is 4. The highest BCUT2D eigenvalue weighted by atomic mass is 16.5. The van der Waals surface area contributed by atoms with Crippen molar-refractivity contribution in [2.45, 2.75) is 0 Å². The van der Waals surface area contributed by atoms with E-state index in [1.807, 2.05) is 48.5 Å². The number of methoxy groups -OCH3 is 2. The highest BCUT2D eigenvalue weighted by molar-refractivity contribution is 6.06. The van der Waals surface area contributed by atoms with Crippen LogP contribution in [0.5, 0.6) is 11.5 Å². The number of benzene rings is 2. The molecule has 24 heavy (non-hydrogen) atoms. The fraction of sp³-hybridized carbons (Fsp3) is 0.100. The predicted octanol–water partition coefficient (Wildman–Crippen LogP) is 5.38. The molecule has 0 aliphatic heterocycles. The van der Waals surface area contributed by atoms with Gasteiger partial charge in [0.25, 0.3) is 0 Å². The van der Waals surface area contributed by atoms with Gasteiger partial charge in [0.1, 0.15) is 23.0 Å². The average Bonchev–Trinajstić information content (AvgIpc) is 3.33. The van der Waals surface area contributed by atoms with Gasteiger partial charge in [-0.25, -0.2) is 0 Å². The summed E-state index contributed by atoms with van der Waals surface area (Å²) in [6, 6.07) is 15.5. The molecule has 0 spiro atoms. The molecule has 2 aromatic carbocycles. The van der Waals surface area contributed by atoms with Crippen LogP contribution >= 0.6 is 0 Å². The Morgan fingerprint density at radius 3 is 2.12 bits per heavy atom. The van der Waals surface area contributed by atoms with E-state index in [0.29, 0.717) is 0 Å². The minimum Gasteiger partial charge on any atom is -0.497 e. The lowest BCUT2D eigenvalue weighted by molar-refractivity contribution is 0.414. The standard InChI is InChI=1S/C20H16O4/c1-21-13-7-8-14-15(11-13)16(17-5-3-9-23-17)12-19(22-2)20(14)18-6-4-10-24-18/h3-12H,1-2H3. The molecule has 2 heterocycles. The van der Waals surface area contributed by atoms with Crippen LogP contribution in [0.1, 0.15) is 0 Å². The Hall–Kier alpha value is -3.14. The summed E-state index contributed by atoms with van der Waals surface area (Å²) in [6.07, 6.45) is 3.32. The highest BCUT2D eigenvalue weighted by Gasteiger charge is 2.19. The molecule has 0 radical (unpaired) electrons. The van der Waals surface area contributed by atoms with Crippen LogP contribution < -0.4 is 9.47 Å². The van der Waals surface area contributed by atoms with Crippen LogP contribution in [-0.2, 0) is 0 Å².